The van der Waals surface area contributed by atoms with Gasteiger partial charge in [0.05, 0.1) is 12.1 Å². The van der Waals surface area contributed by atoms with Crippen molar-refractivity contribution in [2.24, 2.45) is 0 Å². The molecule has 0 aromatic heterocycles. The highest BCUT2D eigenvalue weighted by Gasteiger charge is 2.12. The molecule has 0 fully saturated rings. The summed E-state index contributed by atoms with van der Waals surface area (Å²) in [4.78, 5) is 24.8. The number of halogens is 1. The first kappa shape index (κ1) is 25.3. The van der Waals surface area contributed by atoms with E-state index in [0.29, 0.717) is 22.7 Å². The largest absolute Gasteiger partial charge is 0.497 e. The molecule has 0 aliphatic heterocycles. The summed E-state index contributed by atoms with van der Waals surface area (Å²) in [5.74, 6) is 0.0813. The predicted octanol–water partition coefficient (Wildman–Crippen LogP) is 5.53. The Labute approximate surface area is 208 Å². The maximum Gasteiger partial charge on any atom is 0.266 e. The minimum absolute atomic E-state index is 0.0987. The fourth-order valence-electron chi connectivity index (χ4n) is 3.11. The molecule has 7 nitrogen and oxygen atoms in total. The van der Waals surface area contributed by atoms with Crippen molar-refractivity contribution < 1.29 is 19.1 Å². The molecule has 0 spiro atoms. The number of hydrogen-bond acceptors (Lipinski definition) is 5. The molecule has 0 atom stereocenters. The van der Waals surface area contributed by atoms with Crippen molar-refractivity contribution >= 4 is 40.9 Å². The topological polar surface area (TPSA) is 100 Å². The van der Waals surface area contributed by atoms with Gasteiger partial charge in [0.25, 0.3) is 11.8 Å². The third kappa shape index (κ3) is 7.10. The van der Waals surface area contributed by atoms with Gasteiger partial charge in [-0.1, -0.05) is 29.8 Å². The SMILES string of the molecule is COc1ccc(NC(=O)/C(C#N)=C\c2ccc(OCC(=O)Nc3cc(C)ccc3C)c(Cl)c2)cc1. The standard InChI is InChI=1S/C27H24ClN3O4/c1-17-4-5-18(2)24(12-17)31-26(32)16-35-25-11-6-19(14-23(25)28)13-20(15-29)27(33)30-21-7-9-22(34-3)10-8-21/h4-14H,16H2,1-3H3,(H,30,33)(H,31,32)/b20-13-. The van der Waals surface area contributed by atoms with Crippen molar-refractivity contribution in [2.75, 3.05) is 24.4 Å². The van der Waals surface area contributed by atoms with E-state index >= 15 is 0 Å². The van der Waals surface area contributed by atoms with Gasteiger partial charge in [-0.25, -0.2) is 0 Å². The van der Waals surface area contributed by atoms with E-state index in [1.165, 1.54) is 6.08 Å². The van der Waals surface area contributed by atoms with Crippen LogP contribution in [0.15, 0.2) is 66.2 Å². The molecule has 0 bridgehead atoms. The molecule has 0 aliphatic rings. The van der Waals surface area contributed by atoms with Crippen molar-refractivity contribution in [2.45, 2.75) is 13.8 Å². The van der Waals surface area contributed by atoms with E-state index in [0.717, 1.165) is 16.8 Å². The molecule has 0 aliphatic carbocycles. The van der Waals surface area contributed by atoms with Gasteiger partial charge in [0.1, 0.15) is 23.1 Å². The molecule has 2 N–H and O–H groups in total. The maximum absolute atomic E-state index is 12.5. The average Bonchev–Trinajstić information content (AvgIpc) is 2.84. The molecule has 3 rings (SSSR count). The van der Waals surface area contributed by atoms with Gasteiger partial charge >= 0.3 is 0 Å². The second kappa shape index (κ2) is 11.7. The Balaban J connectivity index is 1.63. The smallest absolute Gasteiger partial charge is 0.266 e. The van der Waals surface area contributed by atoms with E-state index in [4.69, 9.17) is 21.1 Å². The number of benzene rings is 3. The molecule has 2 amide bonds. The molecule has 0 heterocycles. The highest BCUT2D eigenvalue weighted by molar-refractivity contribution is 6.32. The van der Waals surface area contributed by atoms with Crippen LogP contribution in [0.1, 0.15) is 16.7 Å². The summed E-state index contributed by atoms with van der Waals surface area (Å²) in [6, 6.07) is 19.2. The molecule has 35 heavy (non-hydrogen) atoms. The number of nitriles is 1. The number of nitrogens with one attached hydrogen (secondary N) is 2. The van der Waals surface area contributed by atoms with Gasteiger partial charge in [-0.2, -0.15) is 5.26 Å². The van der Waals surface area contributed by atoms with Crippen LogP contribution in [0.3, 0.4) is 0 Å². The molecular formula is C27H24ClN3O4. The van der Waals surface area contributed by atoms with Crippen molar-refractivity contribution in [3.8, 4) is 17.6 Å². The molecule has 8 heteroatoms. The Kier molecular flexibility index (Phi) is 8.49. The lowest BCUT2D eigenvalue weighted by molar-refractivity contribution is -0.118. The zero-order valence-corrected chi connectivity index (χ0v) is 20.3. The summed E-state index contributed by atoms with van der Waals surface area (Å²) in [5, 5.41) is 15.2. The molecule has 178 valence electrons. The number of methoxy groups -OCH3 is 1. The van der Waals surface area contributed by atoms with Crippen LogP contribution in [-0.4, -0.2) is 25.5 Å². The van der Waals surface area contributed by atoms with E-state index in [9.17, 15) is 14.9 Å². The monoisotopic (exact) mass is 489 g/mol. The van der Waals surface area contributed by atoms with Crippen molar-refractivity contribution in [1.82, 2.24) is 0 Å². The quantitative estimate of drug-likeness (QED) is 0.320. The first-order valence-corrected chi connectivity index (χ1v) is 11.0. The van der Waals surface area contributed by atoms with Crippen molar-refractivity contribution in [3.63, 3.8) is 0 Å². The van der Waals surface area contributed by atoms with E-state index in [-0.39, 0.29) is 23.1 Å². The van der Waals surface area contributed by atoms with E-state index in [2.05, 4.69) is 10.6 Å². The number of ether oxygens (including phenoxy) is 2. The molecular weight excluding hydrogens is 466 g/mol. The number of rotatable bonds is 8. The Bertz CT molecular complexity index is 1310. The molecule has 3 aromatic carbocycles. The number of aryl methyl sites for hydroxylation is 2. The highest BCUT2D eigenvalue weighted by atomic mass is 35.5. The van der Waals surface area contributed by atoms with E-state index in [1.807, 2.05) is 38.1 Å². The zero-order chi connectivity index (χ0) is 25.4. The summed E-state index contributed by atoms with van der Waals surface area (Å²) in [7, 11) is 1.55. The second-order valence-corrected chi connectivity index (χ2v) is 8.10. The van der Waals surface area contributed by atoms with Crippen molar-refractivity contribution in [1.29, 1.82) is 5.26 Å². The number of carbonyl (C=O) groups excluding carboxylic acids is 2. The average molecular weight is 490 g/mol. The molecule has 0 saturated carbocycles. The molecule has 0 saturated heterocycles. The van der Waals surface area contributed by atoms with Crippen molar-refractivity contribution in [3.05, 3.63) is 87.9 Å². The van der Waals surface area contributed by atoms with Crippen LogP contribution in [0.5, 0.6) is 11.5 Å². The first-order valence-electron chi connectivity index (χ1n) is 10.7. The Hall–Kier alpha value is -4.28. The predicted molar refractivity (Wildman–Crippen MR) is 137 cm³/mol. The van der Waals surface area contributed by atoms with Gasteiger partial charge in [-0.15, -0.1) is 0 Å². The Morgan fingerprint density at radius 3 is 2.43 bits per heavy atom. The van der Waals surface area contributed by atoms with Crippen LogP contribution in [0.2, 0.25) is 5.02 Å². The summed E-state index contributed by atoms with van der Waals surface area (Å²) in [5.41, 5.74) is 3.66. The maximum atomic E-state index is 12.5. The second-order valence-electron chi connectivity index (χ2n) is 7.70. The van der Waals surface area contributed by atoms with Crippen LogP contribution < -0.4 is 20.1 Å². The summed E-state index contributed by atoms with van der Waals surface area (Å²) in [6.07, 6.45) is 1.42. The van der Waals surface area contributed by atoms with Crippen LogP contribution in [0, 0.1) is 25.2 Å². The number of anilines is 2. The number of hydrogen-bond donors (Lipinski definition) is 2. The fourth-order valence-corrected chi connectivity index (χ4v) is 3.36. The van der Waals surface area contributed by atoms with Crippen LogP contribution >= 0.6 is 11.6 Å². The third-order valence-corrected chi connectivity index (χ3v) is 5.30. The number of carbonyl (C=O) groups is 2. The summed E-state index contributed by atoms with van der Waals surface area (Å²) >= 11 is 6.30. The molecule has 0 unspecified atom stereocenters. The van der Waals surface area contributed by atoms with E-state index < -0.39 is 5.91 Å². The number of nitrogens with zero attached hydrogens (tertiary/aromatic N) is 1. The molecule has 3 aromatic rings. The first-order chi connectivity index (χ1) is 16.8. The summed E-state index contributed by atoms with van der Waals surface area (Å²) in [6.45, 7) is 3.63. The van der Waals surface area contributed by atoms with E-state index in [1.54, 1.807) is 49.6 Å². The van der Waals surface area contributed by atoms with Gasteiger partial charge in [0.15, 0.2) is 6.61 Å². The highest BCUT2D eigenvalue weighted by Crippen LogP contribution is 2.27. The normalized spacial score (nSPS) is 10.8. The lowest BCUT2D eigenvalue weighted by Gasteiger charge is -2.11. The zero-order valence-electron chi connectivity index (χ0n) is 19.5. The Morgan fingerprint density at radius 2 is 1.77 bits per heavy atom. The molecule has 0 radical (unpaired) electrons. The van der Waals surface area contributed by atoms with Gasteiger partial charge in [0, 0.05) is 11.4 Å². The Morgan fingerprint density at radius 1 is 1.03 bits per heavy atom. The van der Waals surface area contributed by atoms with Crippen LogP contribution in [-0.2, 0) is 9.59 Å². The lowest BCUT2D eigenvalue weighted by Crippen LogP contribution is -2.20. The minimum Gasteiger partial charge on any atom is -0.497 e. The fraction of sp³-hybridized carbons (Fsp3) is 0.148. The number of amides is 2. The van der Waals surface area contributed by atoms with Crippen LogP contribution in [0.4, 0.5) is 11.4 Å². The van der Waals surface area contributed by atoms with Gasteiger partial charge < -0.3 is 20.1 Å². The lowest BCUT2D eigenvalue weighted by atomic mass is 10.1. The summed E-state index contributed by atoms with van der Waals surface area (Å²) < 4.78 is 10.6. The van der Waals surface area contributed by atoms with Gasteiger partial charge in [-0.05, 0) is 79.1 Å². The van der Waals surface area contributed by atoms with Gasteiger partial charge in [0.2, 0.25) is 0 Å². The minimum atomic E-state index is -0.558. The van der Waals surface area contributed by atoms with Crippen LogP contribution in [0.25, 0.3) is 6.08 Å². The third-order valence-electron chi connectivity index (χ3n) is 5.01. The van der Waals surface area contributed by atoms with Gasteiger partial charge in [-0.3, -0.25) is 9.59 Å².